The molecule has 1 unspecified atom stereocenters. The molecule has 0 radical (unpaired) electrons. The van der Waals surface area contributed by atoms with Crippen molar-refractivity contribution in [3.05, 3.63) is 56.2 Å². The van der Waals surface area contributed by atoms with Crippen molar-refractivity contribution in [2.45, 2.75) is 26.4 Å². The first-order valence-electron chi connectivity index (χ1n) is 8.48. The number of nitrogen functional groups attached to an aromatic ring is 1. The van der Waals surface area contributed by atoms with Crippen LogP contribution in [-0.2, 0) is 13.1 Å². The Morgan fingerprint density at radius 3 is 2.65 bits per heavy atom. The fourth-order valence-corrected chi connectivity index (χ4v) is 2.90. The lowest BCUT2D eigenvalue weighted by Crippen LogP contribution is -3.08. The zero-order valence-electron chi connectivity index (χ0n) is 15.3. The van der Waals surface area contributed by atoms with Crippen molar-refractivity contribution in [1.82, 2.24) is 9.55 Å². The molecule has 1 aromatic heterocycles. The normalized spacial score (nSPS) is 12.0. The van der Waals surface area contributed by atoms with E-state index in [0.717, 1.165) is 16.2 Å². The van der Waals surface area contributed by atoms with E-state index in [2.05, 4.69) is 4.98 Å². The molecular weight excluding hydrogens is 336 g/mol. The number of aromatic amines is 1. The quantitative estimate of drug-likeness (QED) is 0.546. The molecule has 0 aliphatic rings. The largest absolute Gasteiger partial charge is 0.496 e. The molecule has 2 rings (SSSR count). The summed E-state index contributed by atoms with van der Waals surface area (Å²) in [5.74, 6) is 0.268. The van der Waals surface area contributed by atoms with Crippen LogP contribution in [0.4, 0.5) is 5.82 Å². The Labute approximate surface area is 151 Å². The molecule has 8 heteroatoms. The maximum Gasteiger partial charge on any atom is 0.329 e. The number of carbonyl (C=O) groups is 1. The Bertz CT molecular complexity index is 901. The van der Waals surface area contributed by atoms with Crippen LogP contribution in [0, 0.1) is 0 Å². The number of nitrogens with zero attached hydrogens (tertiary/aromatic N) is 1. The highest BCUT2D eigenvalue weighted by Crippen LogP contribution is 2.15. The van der Waals surface area contributed by atoms with Gasteiger partial charge in [-0.3, -0.25) is 19.1 Å². The summed E-state index contributed by atoms with van der Waals surface area (Å²) >= 11 is 0. The van der Waals surface area contributed by atoms with E-state index in [-0.39, 0.29) is 17.9 Å². The third kappa shape index (κ3) is 4.20. The zero-order valence-corrected chi connectivity index (χ0v) is 15.3. The highest BCUT2D eigenvalue weighted by atomic mass is 16.5. The van der Waals surface area contributed by atoms with Gasteiger partial charge in [0.05, 0.1) is 14.2 Å². The highest BCUT2D eigenvalue weighted by molar-refractivity contribution is 6.00. The number of ether oxygens (including phenoxy) is 1. The number of methoxy groups -OCH3 is 1. The third-order valence-electron chi connectivity index (χ3n) is 4.11. The minimum Gasteiger partial charge on any atom is -0.496 e. The summed E-state index contributed by atoms with van der Waals surface area (Å²) in [7, 11) is 3.44. The van der Waals surface area contributed by atoms with Crippen LogP contribution in [0.5, 0.6) is 5.75 Å². The zero-order chi connectivity index (χ0) is 19.3. The van der Waals surface area contributed by atoms with Crippen LogP contribution >= 0.6 is 0 Å². The van der Waals surface area contributed by atoms with Crippen LogP contribution in [-0.4, -0.2) is 36.0 Å². The monoisotopic (exact) mass is 361 g/mol. The Morgan fingerprint density at radius 1 is 1.31 bits per heavy atom. The second kappa shape index (κ2) is 8.48. The van der Waals surface area contributed by atoms with Gasteiger partial charge in [0, 0.05) is 12.1 Å². The number of carbonyl (C=O) groups excluding carboxylic acids is 1. The van der Waals surface area contributed by atoms with E-state index in [4.69, 9.17) is 10.5 Å². The topological polar surface area (TPSA) is 112 Å². The molecule has 140 valence electrons. The number of likely N-dealkylation sites (N-methyl/N-ethyl adjacent to an activating group) is 1. The Hall–Kier alpha value is -2.87. The van der Waals surface area contributed by atoms with Crippen LogP contribution in [0.15, 0.2) is 33.9 Å². The average molecular weight is 361 g/mol. The molecule has 0 aliphatic carbocycles. The van der Waals surface area contributed by atoms with Gasteiger partial charge in [-0.1, -0.05) is 19.1 Å². The van der Waals surface area contributed by atoms with Crippen molar-refractivity contribution in [3.8, 4) is 5.75 Å². The number of nitrogens with two attached hydrogens (primary N) is 1. The van der Waals surface area contributed by atoms with E-state index in [1.54, 1.807) is 7.11 Å². The van der Waals surface area contributed by atoms with E-state index >= 15 is 0 Å². The SMILES string of the molecule is CCCn1c(N)c(C(=O)C[NH+](C)Cc2ccccc2OC)c(=O)[nH]c1=O. The lowest BCUT2D eigenvalue weighted by atomic mass is 10.1. The van der Waals surface area contributed by atoms with Crippen LogP contribution < -0.4 is 26.6 Å². The first kappa shape index (κ1) is 19.5. The second-order valence-corrected chi connectivity index (χ2v) is 6.22. The lowest BCUT2D eigenvalue weighted by Gasteiger charge is -2.16. The molecule has 0 bridgehead atoms. The molecule has 0 fully saturated rings. The molecule has 0 aliphatic heterocycles. The number of nitrogens with one attached hydrogen (secondary N) is 2. The summed E-state index contributed by atoms with van der Waals surface area (Å²) in [6.45, 7) is 2.83. The Balaban J connectivity index is 2.23. The Morgan fingerprint density at radius 2 is 2.00 bits per heavy atom. The molecule has 0 saturated carbocycles. The minimum atomic E-state index is -0.741. The van der Waals surface area contributed by atoms with Crippen LogP contribution in [0.1, 0.15) is 29.3 Å². The second-order valence-electron chi connectivity index (χ2n) is 6.22. The summed E-state index contributed by atoms with van der Waals surface area (Å²) in [6.07, 6.45) is 0.655. The van der Waals surface area contributed by atoms with Crippen molar-refractivity contribution < 1.29 is 14.4 Å². The fourth-order valence-electron chi connectivity index (χ4n) is 2.90. The fraction of sp³-hybridized carbons (Fsp3) is 0.389. The van der Waals surface area contributed by atoms with E-state index < -0.39 is 17.0 Å². The number of para-hydroxylation sites is 1. The van der Waals surface area contributed by atoms with Gasteiger partial charge < -0.3 is 15.4 Å². The van der Waals surface area contributed by atoms with Crippen LogP contribution in [0.2, 0.25) is 0 Å². The molecule has 0 spiro atoms. The third-order valence-corrected chi connectivity index (χ3v) is 4.11. The molecule has 1 heterocycles. The number of hydrogen-bond acceptors (Lipinski definition) is 5. The van der Waals surface area contributed by atoms with Crippen molar-refractivity contribution in [1.29, 1.82) is 0 Å². The van der Waals surface area contributed by atoms with Gasteiger partial charge in [-0.15, -0.1) is 0 Å². The number of quaternary nitrogens is 1. The van der Waals surface area contributed by atoms with Crippen molar-refractivity contribution >= 4 is 11.6 Å². The van der Waals surface area contributed by atoms with E-state index in [1.807, 2.05) is 38.2 Å². The maximum atomic E-state index is 12.6. The summed E-state index contributed by atoms with van der Waals surface area (Å²) < 4.78 is 6.54. The van der Waals surface area contributed by atoms with Gasteiger partial charge in [-0.2, -0.15) is 0 Å². The molecule has 1 atom stereocenters. The molecule has 2 aromatic rings. The molecule has 8 nitrogen and oxygen atoms in total. The number of aromatic nitrogens is 2. The highest BCUT2D eigenvalue weighted by Gasteiger charge is 2.22. The summed E-state index contributed by atoms with van der Waals surface area (Å²) in [5, 5.41) is 0. The van der Waals surface area contributed by atoms with Gasteiger partial charge in [0.2, 0.25) is 5.78 Å². The predicted molar refractivity (Wildman–Crippen MR) is 98.8 cm³/mol. The van der Waals surface area contributed by atoms with Crippen molar-refractivity contribution in [3.63, 3.8) is 0 Å². The standard InChI is InChI=1S/C18H24N4O4/c1-4-9-22-16(19)15(17(24)20-18(22)25)13(23)11-21(2)10-12-7-5-6-8-14(12)26-3/h5-8H,4,9-11,19H2,1-3H3,(H,20,24,25)/p+1. The van der Waals surface area contributed by atoms with E-state index in [9.17, 15) is 14.4 Å². The maximum absolute atomic E-state index is 12.6. The molecule has 4 N–H and O–H groups in total. The van der Waals surface area contributed by atoms with Gasteiger partial charge >= 0.3 is 5.69 Å². The minimum absolute atomic E-state index is 0.0651. The number of anilines is 1. The number of hydrogen-bond donors (Lipinski definition) is 3. The number of rotatable bonds is 8. The number of Topliss-reactive ketones (excluding diaryl/α,β-unsaturated/α-hetero) is 1. The summed E-state index contributed by atoms with van der Waals surface area (Å²) in [5.41, 5.74) is 5.40. The Kier molecular flexibility index (Phi) is 6.35. The smallest absolute Gasteiger partial charge is 0.329 e. The number of H-pyrrole nitrogens is 1. The average Bonchev–Trinajstić information content (AvgIpc) is 2.58. The first-order chi connectivity index (χ1) is 12.4. The van der Waals surface area contributed by atoms with Crippen molar-refractivity contribution in [2.75, 3.05) is 26.4 Å². The lowest BCUT2D eigenvalue weighted by molar-refractivity contribution is -0.884. The molecule has 1 aromatic carbocycles. The molecule has 0 amide bonds. The molecule has 26 heavy (non-hydrogen) atoms. The number of benzene rings is 1. The van der Waals surface area contributed by atoms with Crippen LogP contribution in [0.3, 0.4) is 0 Å². The predicted octanol–water partition coefficient (Wildman–Crippen LogP) is -0.565. The summed E-state index contributed by atoms with van der Waals surface area (Å²) in [4.78, 5) is 39.6. The van der Waals surface area contributed by atoms with Crippen molar-refractivity contribution in [2.24, 2.45) is 0 Å². The van der Waals surface area contributed by atoms with Crippen LogP contribution in [0.25, 0.3) is 0 Å². The summed E-state index contributed by atoms with van der Waals surface area (Å²) in [6, 6.07) is 7.56. The first-order valence-corrected chi connectivity index (χ1v) is 8.48. The van der Waals surface area contributed by atoms with E-state index in [0.29, 0.717) is 19.5 Å². The van der Waals surface area contributed by atoms with Gasteiger partial charge in [0.25, 0.3) is 5.56 Å². The van der Waals surface area contributed by atoms with Gasteiger partial charge in [-0.05, 0) is 18.6 Å². The van der Waals surface area contributed by atoms with Gasteiger partial charge in [0.1, 0.15) is 30.2 Å². The molecular formula is C18H25N4O4+. The number of ketones is 1. The van der Waals surface area contributed by atoms with Gasteiger partial charge in [-0.25, -0.2) is 4.79 Å². The van der Waals surface area contributed by atoms with Gasteiger partial charge in [0.15, 0.2) is 0 Å². The molecule has 0 saturated heterocycles. The van der Waals surface area contributed by atoms with E-state index in [1.165, 1.54) is 4.57 Å².